The molecule has 0 radical (unpaired) electrons. The van der Waals surface area contributed by atoms with Crippen molar-refractivity contribution in [3.8, 4) is 10.7 Å². The number of hydrogen-bond acceptors (Lipinski definition) is 6. The first-order chi connectivity index (χ1) is 10.6. The topological polar surface area (TPSA) is 85.2 Å². The Morgan fingerprint density at radius 3 is 3.04 bits per heavy atom. The molecule has 1 fully saturated rings. The second-order valence-corrected chi connectivity index (χ2v) is 7.02. The van der Waals surface area contributed by atoms with Crippen LogP contribution in [0.5, 0.6) is 0 Å². The number of nitrogens with two attached hydrogens (primary N) is 1. The van der Waals surface area contributed by atoms with E-state index < -0.39 is 0 Å². The average Bonchev–Trinajstić information content (AvgIpc) is 3.25. The summed E-state index contributed by atoms with van der Waals surface area (Å²) in [6.45, 7) is 4.28. The van der Waals surface area contributed by atoms with Gasteiger partial charge in [0.15, 0.2) is 0 Å². The molecule has 23 heavy (non-hydrogen) atoms. The van der Waals surface area contributed by atoms with E-state index in [4.69, 9.17) is 10.3 Å². The van der Waals surface area contributed by atoms with Crippen LogP contribution in [0.15, 0.2) is 22.0 Å². The predicted molar refractivity (Wildman–Crippen MR) is 91.5 cm³/mol. The number of carbonyl (C=O) groups excluding carboxylic acids is 1. The van der Waals surface area contributed by atoms with Gasteiger partial charge in [-0.05, 0) is 29.8 Å². The number of likely N-dealkylation sites (tertiary alicyclic amines) is 1. The molecule has 0 aliphatic carbocycles. The Labute approximate surface area is 145 Å². The summed E-state index contributed by atoms with van der Waals surface area (Å²) in [4.78, 5) is 19.5. The van der Waals surface area contributed by atoms with Crippen molar-refractivity contribution in [2.24, 2.45) is 11.1 Å². The molecule has 2 N–H and O–H groups in total. The first kappa shape index (κ1) is 17.9. The van der Waals surface area contributed by atoms with Crippen LogP contribution in [-0.2, 0) is 11.2 Å². The molecule has 1 atom stereocenters. The van der Waals surface area contributed by atoms with Crippen molar-refractivity contribution in [2.45, 2.75) is 26.2 Å². The fraction of sp³-hybridized carbons (Fsp3) is 0.533. The molecule has 1 saturated heterocycles. The highest BCUT2D eigenvalue weighted by atomic mass is 35.5. The first-order valence-electron chi connectivity index (χ1n) is 7.44. The standard InChI is InChI=1S/C15H20N4O2S.ClH/c1-15(9-16)6-7-19(10-15)13(20)5-4-12-17-14(18-21-12)11-3-2-8-22-11;/h2-3,8H,4-7,9-10,16H2,1H3;1H. The van der Waals surface area contributed by atoms with E-state index >= 15 is 0 Å². The third kappa shape index (κ3) is 4.10. The van der Waals surface area contributed by atoms with Gasteiger partial charge in [-0.1, -0.05) is 18.1 Å². The maximum absolute atomic E-state index is 12.3. The fourth-order valence-electron chi connectivity index (χ4n) is 2.64. The second-order valence-electron chi connectivity index (χ2n) is 6.07. The molecular formula is C15H21ClN4O2S. The van der Waals surface area contributed by atoms with E-state index in [9.17, 15) is 4.79 Å². The molecular weight excluding hydrogens is 336 g/mol. The van der Waals surface area contributed by atoms with Gasteiger partial charge in [-0.3, -0.25) is 4.79 Å². The Balaban J connectivity index is 0.00000192. The number of amides is 1. The lowest BCUT2D eigenvalue weighted by atomic mass is 9.90. The molecule has 0 bridgehead atoms. The van der Waals surface area contributed by atoms with Gasteiger partial charge in [-0.15, -0.1) is 23.7 Å². The first-order valence-corrected chi connectivity index (χ1v) is 8.32. The van der Waals surface area contributed by atoms with Crippen molar-refractivity contribution >= 4 is 29.7 Å². The summed E-state index contributed by atoms with van der Waals surface area (Å²) in [5.74, 6) is 1.24. The number of hydrogen-bond donors (Lipinski definition) is 1. The average molecular weight is 357 g/mol. The summed E-state index contributed by atoms with van der Waals surface area (Å²) in [6, 6.07) is 3.89. The number of halogens is 1. The Morgan fingerprint density at radius 2 is 2.39 bits per heavy atom. The van der Waals surface area contributed by atoms with Gasteiger partial charge in [0.1, 0.15) is 0 Å². The molecule has 3 rings (SSSR count). The van der Waals surface area contributed by atoms with E-state index in [1.165, 1.54) is 0 Å². The summed E-state index contributed by atoms with van der Waals surface area (Å²) in [7, 11) is 0. The Bertz CT molecular complexity index is 646. The van der Waals surface area contributed by atoms with Crippen LogP contribution in [-0.4, -0.2) is 40.6 Å². The molecule has 1 aliphatic heterocycles. The zero-order valence-electron chi connectivity index (χ0n) is 13.0. The van der Waals surface area contributed by atoms with Crippen LogP contribution in [0.4, 0.5) is 0 Å². The minimum atomic E-state index is 0. The van der Waals surface area contributed by atoms with E-state index in [0.29, 0.717) is 31.1 Å². The van der Waals surface area contributed by atoms with E-state index in [1.54, 1.807) is 11.3 Å². The monoisotopic (exact) mass is 356 g/mol. The SMILES string of the molecule is CC1(CN)CCN(C(=O)CCc2nc(-c3cccs3)no2)C1.Cl. The van der Waals surface area contributed by atoms with Crippen molar-refractivity contribution in [1.29, 1.82) is 0 Å². The molecule has 2 aromatic rings. The number of aromatic nitrogens is 2. The van der Waals surface area contributed by atoms with Gasteiger partial charge < -0.3 is 15.2 Å². The Morgan fingerprint density at radius 1 is 1.57 bits per heavy atom. The highest BCUT2D eigenvalue weighted by Gasteiger charge is 2.34. The minimum Gasteiger partial charge on any atom is -0.342 e. The van der Waals surface area contributed by atoms with Gasteiger partial charge in [0, 0.05) is 25.9 Å². The van der Waals surface area contributed by atoms with Crippen LogP contribution >= 0.6 is 23.7 Å². The van der Waals surface area contributed by atoms with Crippen LogP contribution in [0.25, 0.3) is 10.7 Å². The lowest BCUT2D eigenvalue weighted by Gasteiger charge is -2.22. The fourth-order valence-corrected chi connectivity index (χ4v) is 3.29. The van der Waals surface area contributed by atoms with E-state index in [0.717, 1.165) is 24.4 Å². The Hall–Kier alpha value is -1.44. The second kappa shape index (κ2) is 7.42. The van der Waals surface area contributed by atoms with Gasteiger partial charge in [-0.2, -0.15) is 4.98 Å². The van der Waals surface area contributed by atoms with Crippen molar-refractivity contribution in [2.75, 3.05) is 19.6 Å². The third-order valence-corrected chi connectivity index (χ3v) is 5.03. The molecule has 3 heterocycles. The van der Waals surface area contributed by atoms with E-state index in [2.05, 4.69) is 17.1 Å². The van der Waals surface area contributed by atoms with Gasteiger partial charge in [0.2, 0.25) is 17.6 Å². The quantitative estimate of drug-likeness (QED) is 0.888. The molecule has 0 aromatic carbocycles. The minimum absolute atomic E-state index is 0. The molecule has 6 nitrogen and oxygen atoms in total. The van der Waals surface area contributed by atoms with E-state index in [1.807, 2.05) is 22.4 Å². The van der Waals surface area contributed by atoms with Gasteiger partial charge >= 0.3 is 0 Å². The molecule has 8 heteroatoms. The number of carbonyl (C=O) groups is 1. The van der Waals surface area contributed by atoms with Crippen molar-refractivity contribution in [3.05, 3.63) is 23.4 Å². The third-order valence-electron chi connectivity index (χ3n) is 4.17. The summed E-state index contributed by atoms with van der Waals surface area (Å²) in [5, 5.41) is 5.92. The number of aryl methyl sites for hydroxylation is 1. The normalized spacial score (nSPS) is 20.5. The highest BCUT2D eigenvalue weighted by Crippen LogP contribution is 2.29. The van der Waals surface area contributed by atoms with Crippen LogP contribution in [0.2, 0.25) is 0 Å². The maximum atomic E-state index is 12.3. The van der Waals surface area contributed by atoms with Crippen LogP contribution in [0, 0.1) is 5.41 Å². The molecule has 126 valence electrons. The summed E-state index contributed by atoms with van der Waals surface area (Å²) >= 11 is 1.56. The van der Waals surface area contributed by atoms with Crippen LogP contribution in [0.1, 0.15) is 25.7 Å². The summed E-state index contributed by atoms with van der Waals surface area (Å²) in [6.07, 6.45) is 1.85. The van der Waals surface area contributed by atoms with Gasteiger partial charge in [-0.25, -0.2) is 0 Å². The van der Waals surface area contributed by atoms with Crippen molar-refractivity contribution < 1.29 is 9.32 Å². The number of thiophene rings is 1. The number of nitrogens with zero attached hydrogens (tertiary/aromatic N) is 3. The van der Waals surface area contributed by atoms with Crippen LogP contribution < -0.4 is 5.73 Å². The Kier molecular flexibility index (Phi) is 5.78. The lowest BCUT2D eigenvalue weighted by Crippen LogP contribution is -2.34. The molecule has 1 amide bonds. The van der Waals surface area contributed by atoms with E-state index in [-0.39, 0.29) is 23.7 Å². The lowest BCUT2D eigenvalue weighted by molar-refractivity contribution is -0.130. The summed E-state index contributed by atoms with van der Waals surface area (Å²) in [5.41, 5.74) is 5.84. The maximum Gasteiger partial charge on any atom is 0.227 e. The largest absolute Gasteiger partial charge is 0.342 e. The molecule has 1 aliphatic rings. The summed E-state index contributed by atoms with van der Waals surface area (Å²) < 4.78 is 5.22. The smallest absolute Gasteiger partial charge is 0.227 e. The molecule has 0 spiro atoms. The predicted octanol–water partition coefficient (Wildman–Crippen LogP) is 2.35. The number of rotatable bonds is 5. The highest BCUT2D eigenvalue weighted by molar-refractivity contribution is 7.13. The molecule has 1 unspecified atom stereocenters. The zero-order valence-corrected chi connectivity index (χ0v) is 14.7. The molecule has 2 aromatic heterocycles. The van der Waals surface area contributed by atoms with Crippen molar-refractivity contribution in [3.63, 3.8) is 0 Å². The van der Waals surface area contributed by atoms with Gasteiger partial charge in [0.05, 0.1) is 4.88 Å². The van der Waals surface area contributed by atoms with Crippen molar-refractivity contribution in [1.82, 2.24) is 15.0 Å². The molecule has 0 saturated carbocycles. The van der Waals surface area contributed by atoms with Crippen LogP contribution in [0.3, 0.4) is 0 Å². The zero-order chi connectivity index (χ0) is 15.6. The van der Waals surface area contributed by atoms with Gasteiger partial charge in [0.25, 0.3) is 0 Å².